The van der Waals surface area contributed by atoms with Crippen LogP contribution in [0.1, 0.15) is 29.5 Å². The molecular formula is C16H16FN3O. The topological polar surface area (TPSA) is 50.8 Å². The van der Waals surface area contributed by atoms with E-state index in [9.17, 15) is 9.65 Å². The van der Waals surface area contributed by atoms with Crippen LogP contribution in [0.3, 0.4) is 0 Å². The van der Waals surface area contributed by atoms with E-state index in [1.165, 1.54) is 0 Å². The molecule has 2 aromatic rings. The van der Waals surface area contributed by atoms with Crippen LogP contribution in [-0.2, 0) is 7.05 Å². The Bertz CT molecular complexity index is 734. The summed E-state index contributed by atoms with van der Waals surface area (Å²) in [5.74, 6) is 0.0795. The number of benzene rings is 1. The monoisotopic (exact) mass is 285 g/mol. The van der Waals surface area contributed by atoms with E-state index in [-0.39, 0.29) is 23.0 Å². The van der Waals surface area contributed by atoms with Gasteiger partial charge < -0.3 is 4.74 Å². The quantitative estimate of drug-likeness (QED) is 0.869. The van der Waals surface area contributed by atoms with Crippen LogP contribution in [0.4, 0.5) is 4.39 Å². The summed E-state index contributed by atoms with van der Waals surface area (Å²) in [5, 5.41) is 13.6. The van der Waals surface area contributed by atoms with Crippen LogP contribution in [-0.4, -0.2) is 15.9 Å². The Kier molecular flexibility index (Phi) is 3.17. The molecule has 0 amide bonds. The van der Waals surface area contributed by atoms with Crippen molar-refractivity contribution >= 4 is 0 Å². The number of aryl methyl sites for hydroxylation is 3. The average Bonchev–Trinajstić information content (AvgIpc) is 3.20. The Morgan fingerprint density at radius 1 is 1.38 bits per heavy atom. The minimum absolute atomic E-state index is 0.155. The summed E-state index contributed by atoms with van der Waals surface area (Å²) < 4.78 is 22.0. The van der Waals surface area contributed by atoms with Crippen molar-refractivity contribution in [3.05, 3.63) is 34.8 Å². The highest BCUT2D eigenvalue weighted by molar-refractivity contribution is 5.75. The third kappa shape index (κ3) is 2.27. The van der Waals surface area contributed by atoms with Gasteiger partial charge in [-0.05, 0) is 43.9 Å². The van der Waals surface area contributed by atoms with Gasteiger partial charge in [0.2, 0.25) is 0 Å². The number of ether oxygens (including phenoxy) is 1. The Labute approximate surface area is 122 Å². The molecule has 0 aliphatic heterocycles. The summed E-state index contributed by atoms with van der Waals surface area (Å²) in [6, 6.07) is 3.71. The highest BCUT2D eigenvalue weighted by Gasteiger charge is 2.28. The van der Waals surface area contributed by atoms with Crippen LogP contribution in [0, 0.1) is 31.0 Å². The Morgan fingerprint density at radius 3 is 2.62 bits per heavy atom. The van der Waals surface area contributed by atoms with Gasteiger partial charge >= 0.3 is 0 Å². The summed E-state index contributed by atoms with van der Waals surface area (Å²) in [6.45, 7) is 3.54. The second-order valence-corrected chi connectivity index (χ2v) is 5.48. The van der Waals surface area contributed by atoms with Crippen LogP contribution in [0.15, 0.2) is 12.3 Å². The molecular weight excluding hydrogens is 269 g/mol. The van der Waals surface area contributed by atoms with Crippen LogP contribution in [0.2, 0.25) is 0 Å². The van der Waals surface area contributed by atoms with Gasteiger partial charge in [-0.3, -0.25) is 4.68 Å². The highest BCUT2D eigenvalue weighted by atomic mass is 19.1. The average molecular weight is 285 g/mol. The van der Waals surface area contributed by atoms with E-state index < -0.39 is 0 Å². The minimum atomic E-state index is -0.388. The smallest absolute Gasteiger partial charge is 0.138 e. The molecule has 3 rings (SSSR count). The Morgan fingerprint density at radius 2 is 2.10 bits per heavy atom. The zero-order valence-corrected chi connectivity index (χ0v) is 12.3. The van der Waals surface area contributed by atoms with Gasteiger partial charge in [0, 0.05) is 7.05 Å². The first kappa shape index (κ1) is 13.6. The van der Waals surface area contributed by atoms with Crippen molar-refractivity contribution in [3.63, 3.8) is 0 Å². The second-order valence-electron chi connectivity index (χ2n) is 5.48. The lowest BCUT2D eigenvalue weighted by Gasteiger charge is -2.15. The van der Waals surface area contributed by atoms with Gasteiger partial charge in [0.25, 0.3) is 0 Å². The summed E-state index contributed by atoms with van der Waals surface area (Å²) >= 11 is 0. The van der Waals surface area contributed by atoms with Crippen LogP contribution < -0.4 is 4.74 Å². The maximum Gasteiger partial charge on any atom is 0.138 e. The number of aromatic nitrogens is 2. The second kappa shape index (κ2) is 4.88. The van der Waals surface area contributed by atoms with Crippen molar-refractivity contribution < 1.29 is 9.13 Å². The predicted octanol–water partition coefficient (Wildman–Crippen LogP) is 3.26. The molecule has 0 atom stereocenters. The lowest BCUT2D eigenvalue weighted by molar-refractivity contribution is 0.301. The zero-order valence-electron chi connectivity index (χ0n) is 12.3. The summed E-state index contributed by atoms with van der Waals surface area (Å²) in [6.07, 6.45) is 3.80. The molecule has 1 heterocycles. The van der Waals surface area contributed by atoms with E-state index in [0.717, 1.165) is 18.4 Å². The fourth-order valence-electron chi connectivity index (χ4n) is 2.46. The molecule has 1 fully saturated rings. The number of nitrogens with zero attached hydrogens (tertiary/aromatic N) is 3. The van der Waals surface area contributed by atoms with E-state index in [1.54, 1.807) is 30.9 Å². The molecule has 0 saturated heterocycles. The molecule has 4 nitrogen and oxygen atoms in total. The maximum atomic E-state index is 14.7. The van der Waals surface area contributed by atoms with Gasteiger partial charge in [-0.25, -0.2) is 4.39 Å². The van der Waals surface area contributed by atoms with E-state index in [2.05, 4.69) is 11.2 Å². The Balaban J connectivity index is 2.27. The third-order valence-corrected chi connectivity index (χ3v) is 3.70. The van der Waals surface area contributed by atoms with Crippen molar-refractivity contribution in [1.29, 1.82) is 5.26 Å². The van der Waals surface area contributed by atoms with Gasteiger partial charge in [-0.2, -0.15) is 10.4 Å². The lowest BCUT2D eigenvalue weighted by Crippen LogP contribution is -2.05. The molecule has 108 valence electrons. The standard InChI is InChI=1S/C16H16FN3O/c1-9-6-13(21-11-4-5-11)12(7-18)14(15(9)17)16-10(2)8-19-20(16)3/h6,8,11H,4-5H2,1-3H3. The van der Waals surface area contributed by atoms with E-state index in [1.807, 2.05) is 6.92 Å². The number of hydrogen-bond acceptors (Lipinski definition) is 3. The molecule has 0 radical (unpaired) electrons. The van der Waals surface area contributed by atoms with Crippen LogP contribution in [0.5, 0.6) is 5.75 Å². The molecule has 0 unspecified atom stereocenters. The number of hydrogen-bond donors (Lipinski definition) is 0. The van der Waals surface area contributed by atoms with Crippen LogP contribution in [0.25, 0.3) is 11.3 Å². The highest BCUT2D eigenvalue weighted by Crippen LogP contribution is 2.38. The molecule has 0 bridgehead atoms. The fraction of sp³-hybridized carbons (Fsp3) is 0.375. The minimum Gasteiger partial charge on any atom is -0.489 e. The van der Waals surface area contributed by atoms with Crippen molar-refractivity contribution in [1.82, 2.24) is 9.78 Å². The lowest BCUT2D eigenvalue weighted by atomic mass is 9.98. The summed E-state index contributed by atoms with van der Waals surface area (Å²) in [7, 11) is 1.74. The van der Waals surface area contributed by atoms with Crippen molar-refractivity contribution in [2.75, 3.05) is 0 Å². The largest absolute Gasteiger partial charge is 0.489 e. The molecule has 1 aromatic carbocycles. The van der Waals surface area contributed by atoms with Gasteiger partial charge in [0.1, 0.15) is 23.2 Å². The molecule has 1 aliphatic rings. The number of nitriles is 1. The fourth-order valence-corrected chi connectivity index (χ4v) is 2.46. The first-order valence-corrected chi connectivity index (χ1v) is 6.91. The molecule has 5 heteroatoms. The van der Waals surface area contributed by atoms with Gasteiger partial charge in [0.05, 0.1) is 23.6 Å². The van der Waals surface area contributed by atoms with Crippen molar-refractivity contribution in [2.45, 2.75) is 32.8 Å². The van der Waals surface area contributed by atoms with Crippen molar-refractivity contribution in [3.8, 4) is 23.1 Å². The molecule has 1 aromatic heterocycles. The number of rotatable bonds is 3. The normalized spacial score (nSPS) is 14.0. The van der Waals surface area contributed by atoms with Gasteiger partial charge in [-0.1, -0.05) is 0 Å². The molecule has 0 N–H and O–H groups in total. The van der Waals surface area contributed by atoms with E-state index in [0.29, 0.717) is 17.0 Å². The molecule has 1 aliphatic carbocycles. The zero-order chi connectivity index (χ0) is 15.1. The van der Waals surface area contributed by atoms with Crippen LogP contribution >= 0.6 is 0 Å². The first-order valence-electron chi connectivity index (χ1n) is 6.91. The summed E-state index contributed by atoms with van der Waals surface area (Å²) in [5.41, 5.74) is 2.45. The first-order chi connectivity index (χ1) is 10.0. The SMILES string of the molecule is Cc1cc(OC2CC2)c(C#N)c(-c2c(C)cnn2C)c1F. The van der Waals surface area contributed by atoms with Gasteiger partial charge in [0.15, 0.2) is 0 Å². The van der Waals surface area contributed by atoms with Gasteiger partial charge in [-0.15, -0.1) is 0 Å². The third-order valence-electron chi connectivity index (χ3n) is 3.70. The van der Waals surface area contributed by atoms with Crippen molar-refractivity contribution in [2.24, 2.45) is 7.05 Å². The molecule has 21 heavy (non-hydrogen) atoms. The molecule has 1 saturated carbocycles. The predicted molar refractivity (Wildman–Crippen MR) is 76.4 cm³/mol. The Hall–Kier alpha value is -2.35. The maximum absolute atomic E-state index is 14.7. The van der Waals surface area contributed by atoms with E-state index in [4.69, 9.17) is 4.74 Å². The molecule has 0 spiro atoms. The summed E-state index contributed by atoms with van der Waals surface area (Å²) in [4.78, 5) is 0. The number of halogens is 1. The van der Waals surface area contributed by atoms with E-state index >= 15 is 0 Å².